The Balaban J connectivity index is 2.31. The van der Waals surface area contributed by atoms with E-state index in [1.807, 2.05) is 0 Å². The lowest BCUT2D eigenvalue weighted by Gasteiger charge is -2.05. The third kappa shape index (κ3) is 1.70. The van der Waals surface area contributed by atoms with E-state index in [1.165, 1.54) is 0 Å². The van der Waals surface area contributed by atoms with Crippen LogP contribution in [0.3, 0.4) is 0 Å². The van der Waals surface area contributed by atoms with Crippen molar-refractivity contribution in [3.8, 4) is 11.5 Å². The first-order valence-electron chi connectivity index (χ1n) is 4.32. The number of rotatable bonds is 1. The predicted octanol–water partition coefficient (Wildman–Crippen LogP) is 0.631. The summed E-state index contributed by atoms with van der Waals surface area (Å²) in [6.07, 6.45) is 0.118. The molecule has 0 unspecified atom stereocenters. The van der Waals surface area contributed by atoms with E-state index in [4.69, 9.17) is 9.47 Å². The summed E-state index contributed by atoms with van der Waals surface area (Å²) >= 11 is 0. The molecule has 0 spiro atoms. The summed E-state index contributed by atoms with van der Waals surface area (Å²) in [7, 11) is 0. The van der Waals surface area contributed by atoms with Crippen molar-refractivity contribution in [1.82, 2.24) is 0 Å². The van der Waals surface area contributed by atoms with E-state index in [1.54, 1.807) is 18.2 Å². The van der Waals surface area contributed by atoms with Gasteiger partial charge in [-0.2, -0.15) is 0 Å². The number of ether oxygens (including phenoxy) is 2. The van der Waals surface area contributed by atoms with E-state index in [9.17, 15) is 9.90 Å². The van der Waals surface area contributed by atoms with Crippen molar-refractivity contribution in [1.29, 1.82) is 0 Å². The summed E-state index contributed by atoms with van der Waals surface area (Å²) in [5, 5.41) is 9.27. The van der Waals surface area contributed by atoms with E-state index in [0.29, 0.717) is 17.1 Å². The monoisotopic (exact) mass is 194 g/mol. The molecule has 0 aliphatic carbocycles. The topological polar surface area (TPSA) is 55.8 Å². The molecule has 74 valence electrons. The number of hydrogen-bond donors (Lipinski definition) is 1. The maximum absolute atomic E-state index is 10.5. The zero-order valence-corrected chi connectivity index (χ0v) is 7.47. The molecular weight excluding hydrogens is 184 g/mol. The number of carbonyl (C=O) groups is 1. The van der Waals surface area contributed by atoms with Crippen molar-refractivity contribution < 1.29 is 19.4 Å². The molecule has 1 N–H and O–H groups in total. The molecule has 2 rings (SSSR count). The Morgan fingerprint density at radius 2 is 2.00 bits per heavy atom. The third-order valence-corrected chi connectivity index (χ3v) is 1.97. The maximum atomic E-state index is 10.5. The summed E-state index contributed by atoms with van der Waals surface area (Å²) in [4.78, 5) is 10.5. The van der Waals surface area contributed by atoms with Crippen LogP contribution in [0.15, 0.2) is 18.2 Å². The molecule has 1 aromatic carbocycles. The smallest absolute Gasteiger partial charge is 0.162 e. The molecular formula is C10H10O4. The van der Waals surface area contributed by atoms with Crippen molar-refractivity contribution in [3.05, 3.63) is 23.8 Å². The van der Waals surface area contributed by atoms with Gasteiger partial charge in [0.05, 0.1) is 0 Å². The van der Waals surface area contributed by atoms with Crippen LogP contribution in [0.25, 0.3) is 0 Å². The minimum atomic E-state index is -0.623. The van der Waals surface area contributed by atoms with Crippen LogP contribution < -0.4 is 9.47 Å². The van der Waals surface area contributed by atoms with Gasteiger partial charge in [0.1, 0.15) is 25.6 Å². The lowest BCUT2D eigenvalue weighted by Crippen LogP contribution is -2.21. The van der Waals surface area contributed by atoms with Gasteiger partial charge >= 0.3 is 0 Å². The zero-order valence-electron chi connectivity index (χ0n) is 7.47. The van der Waals surface area contributed by atoms with Crippen molar-refractivity contribution in [2.45, 2.75) is 6.10 Å². The number of aldehydes is 1. The van der Waals surface area contributed by atoms with Gasteiger partial charge in [0.15, 0.2) is 11.5 Å². The Bertz CT molecular complexity index is 348. The maximum Gasteiger partial charge on any atom is 0.162 e. The largest absolute Gasteiger partial charge is 0.487 e. The van der Waals surface area contributed by atoms with Crippen LogP contribution in [-0.4, -0.2) is 30.7 Å². The van der Waals surface area contributed by atoms with Gasteiger partial charge in [-0.15, -0.1) is 0 Å². The minimum Gasteiger partial charge on any atom is -0.487 e. The fourth-order valence-corrected chi connectivity index (χ4v) is 1.25. The molecule has 0 aromatic heterocycles. The van der Waals surface area contributed by atoms with E-state index in [0.717, 1.165) is 6.29 Å². The molecule has 1 heterocycles. The van der Waals surface area contributed by atoms with Gasteiger partial charge in [0, 0.05) is 5.56 Å². The normalized spacial score (nSPS) is 19.9. The minimum absolute atomic E-state index is 0.190. The second-order valence-corrected chi connectivity index (χ2v) is 3.10. The van der Waals surface area contributed by atoms with Crippen molar-refractivity contribution in [2.24, 2.45) is 0 Å². The van der Waals surface area contributed by atoms with Crippen molar-refractivity contribution in [2.75, 3.05) is 13.2 Å². The quantitative estimate of drug-likeness (QED) is 0.666. The fourth-order valence-electron chi connectivity index (χ4n) is 1.25. The van der Waals surface area contributed by atoms with E-state index in [-0.39, 0.29) is 13.2 Å². The second kappa shape index (κ2) is 3.67. The highest BCUT2D eigenvalue weighted by atomic mass is 16.5. The van der Waals surface area contributed by atoms with Crippen LogP contribution in [-0.2, 0) is 0 Å². The first kappa shape index (κ1) is 9.02. The third-order valence-electron chi connectivity index (χ3n) is 1.97. The molecule has 0 saturated carbocycles. The van der Waals surface area contributed by atoms with Gasteiger partial charge in [-0.25, -0.2) is 0 Å². The van der Waals surface area contributed by atoms with Gasteiger partial charge in [0.25, 0.3) is 0 Å². The molecule has 0 bridgehead atoms. The first-order chi connectivity index (χ1) is 6.79. The van der Waals surface area contributed by atoms with E-state index >= 15 is 0 Å². The molecule has 1 aliphatic heterocycles. The van der Waals surface area contributed by atoms with Gasteiger partial charge < -0.3 is 14.6 Å². The molecule has 1 atom stereocenters. The number of aliphatic hydroxyl groups is 1. The number of carbonyl (C=O) groups excluding carboxylic acids is 1. The van der Waals surface area contributed by atoms with Crippen LogP contribution in [0.4, 0.5) is 0 Å². The number of aliphatic hydroxyl groups excluding tert-OH is 1. The molecule has 0 radical (unpaired) electrons. The summed E-state index contributed by atoms with van der Waals surface area (Å²) < 4.78 is 10.5. The average molecular weight is 194 g/mol. The van der Waals surface area contributed by atoms with Crippen LogP contribution >= 0.6 is 0 Å². The van der Waals surface area contributed by atoms with Crippen molar-refractivity contribution >= 4 is 6.29 Å². The lowest BCUT2D eigenvalue weighted by atomic mass is 10.2. The average Bonchev–Trinajstić information content (AvgIpc) is 2.40. The van der Waals surface area contributed by atoms with E-state index < -0.39 is 6.10 Å². The molecule has 0 amide bonds. The molecule has 0 saturated heterocycles. The van der Waals surface area contributed by atoms with Crippen LogP contribution in [0.2, 0.25) is 0 Å². The molecule has 4 nitrogen and oxygen atoms in total. The van der Waals surface area contributed by atoms with Gasteiger partial charge in [-0.05, 0) is 18.2 Å². The second-order valence-electron chi connectivity index (χ2n) is 3.10. The highest BCUT2D eigenvalue weighted by Gasteiger charge is 2.15. The Morgan fingerprint density at radius 3 is 2.71 bits per heavy atom. The lowest BCUT2D eigenvalue weighted by molar-refractivity contribution is 0.0802. The molecule has 1 aromatic rings. The zero-order chi connectivity index (χ0) is 9.97. The summed E-state index contributed by atoms with van der Waals surface area (Å²) in [6, 6.07) is 4.91. The summed E-state index contributed by atoms with van der Waals surface area (Å²) in [6.45, 7) is 0.406. The SMILES string of the molecule is O=Cc1ccc2c(c1)OC[C@@H](O)CO2. The van der Waals surface area contributed by atoms with Gasteiger partial charge in [0.2, 0.25) is 0 Å². The van der Waals surface area contributed by atoms with Gasteiger partial charge in [-0.1, -0.05) is 0 Å². The summed E-state index contributed by atoms with van der Waals surface area (Å²) in [5.41, 5.74) is 0.531. The van der Waals surface area contributed by atoms with Crippen LogP contribution in [0, 0.1) is 0 Å². The number of fused-ring (bicyclic) bond motifs is 1. The Morgan fingerprint density at radius 1 is 1.29 bits per heavy atom. The number of benzene rings is 1. The summed E-state index contributed by atoms with van der Waals surface area (Å²) in [5.74, 6) is 1.07. The van der Waals surface area contributed by atoms with Crippen LogP contribution in [0.1, 0.15) is 10.4 Å². The standard InChI is InChI=1S/C10H10O4/c11-4-7-1-2-9-10(3-7)14-6-8(12)5-13-9/h1-4,8,12H,5-6H2/t8-/m0/s1. The number of hydrogen-bond acceptors (Lipinski definition) is 4. The predicted molar refractivity (Wildman–Crippen MR) is 48.8 cm³/mol. The molecule has 0 fully saturated rings. The van der Waals surface area contributed by atoms with Crippen molar-refractivity contribution in [3.63, 3.8) is 0 Å². The fraction of sp³-hybridized carbons (Fsp3) is 0.300. The Kier molecular flexibility index (Phi) is 2.37. The molecule has 4 heteroatoms. The van der Waals surface area contributed by atoms with Crippen LogP contribution in [0.5, 0.6) is 11.5 Å². The Labute approximate surface area is 81.1 Å². The highest BCUT2D eigenvalue weighted by molar-refractivity contribution is 5.76. The van der Waals surface area contributed by atoms with E-state index in [2.05, 4.69) is 0 Å². The highest BCUT2D eigenvalue weighted by Crippen LogP contribution is 2.29. The van der Waals surface area contributed by atoms with Gasteiger partial charge in [-0.3, -0.25) is 4.79 Å². The Hall–Kier alpha value is -1.55. The first-order valence-corrected chi connectivity index (χ1v) is 4.32. The molecule has 14 heavy (non-hydrogen) atoms. The molecule has 1 aliphatic rings.